The topological polar surface area (TPSA) is 317 Å². The van der Waals surface area contributed by atoms with Crippen molar-refractivity contribution in [1.29, 1.82) is 0 Å². The number of aliphatic hydroxyl groups excluding tert-OH is 1. The van der Waals surface area contributed by atoms with Crippen LogP contribution in [0.25, 0.3) is 0 Å². The summed E-state index contributed by atoms with van der Waals surface area (Å²) in [6, 6.07) is 7.95. The molecule has 0 aliphatic carbocycles. The normalized spacial score (nSPS) is 24.4. The van der Waals surface area contributed by atoms with E-state index in [1.807, 2.05) is 0 Å². The summed E-state index contributed by atoms with van der Waals surface area (Å²) in [6.45, 7) is -0.195. The van der Waals surface area contributed by atoms with E-state index in [4.69, 9.17) is 11.5 Å². The van der Waals surface area contributed by atoms with Gasteiger partial charge in [-0.3, -0.25) is 43.3 Å². The third-order valence-electron chi connectivity index (χ3n) is 9.05. The van der Waals surface area contributed by atoms with Crippen LogP contribution in [0.1, 0.15) is 30.9 Å². The molecule has 1 heterocycles. The van der Waals surface area contributed by atoms with E-state index in [0.29, 0.717) is 11.1 Å². The third kappa shape index (κ3) is 16.1. The van der Waals surface area contributed by atoms with E-state index < -0.39 is 103 Å². The molecule has 60 heavy (non-hydrogen) atoms. The van der Waals surface area contributed by atoms with Crippen LogP contribution in [0, 0.1) is 0 Å². The van der Waals surface area contributed by atoms with Gasteiger partial charge in [0.2, 0.25) is 47.3 Å². The second kappa shape index (κ2) is 24.9. The van der Waals surface area contributed by atoms with Crippen LogP contribution in [-0.4, -0.2) is 132 Å². The van der Waals surface area contributed by atoms with Crippen LogP contribution < -0.4 is 54.0 Å². The molecule has 0 radical (unpaired) electrons. The lowest BCUT2D eigenvalue weighted by atomic mass is 10.0. The van der Waals surface area contributed by atoms with Gasteiger partial charge in [0.05, 0.1) is 13.2 Å². The van der Waals surface area contributed by atoms with Gasteiger partial charge in [0, 0.05) is 30.9 Å². The molecule has 2 aromatic carbocycles. The van der Waals surface area contributed by atoms with Crippen molar-refractivity contribution in [2.45, 2.75) is 74.9 Å². The zero-order valence-electron chi connectivity index (χ0n) is 32.9. The number of rotatable bonds is 11. The number of benzene rings is 2. The monoisotopic (exact) mass is 871 g/mol. The average Bonchev–Trinajstić information content (AvgIpc) is 3.23. The van der Waals surface area contributed by atoms with Crippen LogP contribution in [0.15, 0.2) is 65.7 Å². The fraction of sp³-hybridized carbons (Fsp3) is 0.447. The zero-order valence-corrected chi connectivity index (χ0v) is 34.7. The van der Waals surface area contributed by atoms with E-state index >= 15 is 0 Å². The second-order valence-electron chi connectivity index (χ2n) is 13.8. The molecule has 3 rings (SSSR count). The summed E-state index contributed by atoms with van der Waals surface area (Å²) in [6.07, 6.45) is 0.0726. The number of hydrogen-bond donors (Lipinski definition) is 13. The van der Waals surface area contributed by atoms with Crippen molar-refractivity contribution in [3.63, 3.8) is 0 Å². The molecule has 0 unspecified atom stereocenters. The fourth-order valence-corrected chi connectivity index (χ4v) is 6.29. The Bertz CT molecular complexity index is 1840. The smallest absolute Gasteiger partial charge is 0.245 e. The quantitative estimate of drug-likeness (QED) is 0.0446. The highest BCUT2D eigenvalue weighted by Gasteiger charge is 2.33. The number of guanidine groups is 1. The minimum absolute atomic E-state index is 0.0293. The van der Waals surface area contributed by atoms with Crippen LogP contribution in [0.2, 0.25) is 0 Å². The van der Waals surface area contributed by atoms with Crippen LogP contribution in [0.3, 0.4) is 0 Å². The number of aliphatic imine (C=N–C) groups is 1. The number of nitrogens with one attached hydrogen (secondary N) is 8. The Morgan fingerprint density at radius 3 is 1.53 bits per heavy atom. The van der Waals surface area contributed by atoms with Crippen molar-refractivity contribution in [3.8, 4) is 0 Å². The maximum absolute atomic E-state index is 14.2. The van der Waals surface area contributed by atoms with Gasteiger partial charge in [-0.2, -0.15) is 25.3 Å². The molecule has 20 nitrogen and oxygen atoms in total. The highest BCUT2D eigenvalue weighted by atomic mass is 32.1. The number of nitrogens with two attached hydrogens (primary N) is 2. The summed E-state index contributed by atoms with van der Waals surface area (Å²) in [7, 11) is 0. The number of carbonyl (C=O) groups is 8. The minimum atomic E-state index is -1.55. The van der Waals surface area contributed by atoms with Crippen LogP contribution in [0.5, 0.6) is 0 Å². The predicted octanol–water partition coefficient (Wildman–Crippen LogP) is -4.08. The van der Waals surface area contributed by atoms with Crippen molar-refractivity contribution >= 4 is 78.5 Å². The average molecular weight is 872 g/mol. The number of nitrogens with zero attached hydrogens (tertiary/aromatic N) is 1. The summed E-state index contributed by atoms with van der Waals surface area (Å²) in [5, 5.41) is 29.9. The first kappa shape index (κ1) is 48.5. The molecule has 0 spiro atoms. The zero-order chi connectivity index (χ0) is 44.2. The molecular formula is C38H53N11O9S2. The van der Waals surface area contributed by atoms with Gasteiger partial charge in [0.15, 0.2) is 5.96 Å². The van der Waals surface area contributed by atoms with E-state index in [-0.39, 0.29) is 49.7 Å². The molecular weight excluding hydrogens is 819 g/mol. The summed E-state index contributed by atoms with van der Waals surface area (Å²) in [4.78, 5) is 112. The van der Waals surface area contributed by atoms with Gasteiger partial charge in [-0.05, 0) is 30.9 Å². The minimum Gasteiger partial charge on any atom is -0.394 e. The van der Waals surface area contributed by atoms with Crippen LogP contribution in [-0.2, 0) is 51.2 Å². The highest BCUT2D eigenvalue weighted by Crippen LogP contribution is 2.09. The van der Waals surface area contributed by atoms with Crippen LogP contribution in [0.4, 0.5) is 0 Å². The van der Waals surface area contributed by atoms with Crippen molar-refractivity contribution < 1.29 is 43.5 Å². The van der Waals surface area contributed by atoms with Crippen molar-refractivity contribution in [1.82, 2.24) is 42.5 Å². The SMILES string of the molecule is C[C@@H]1NC(=O)[C@H](CO)NC(=O)CNC(=O)[C@H](Cc2ccccc2)NC(=O)[C@H](Cc2ccccc2)NC(=O)[C@H](CCCN=C(N)N)NC(=O)[C@H](CS)NC(=O)[C@H](CS)NC1=O. The van der Waals surface area contributed by atoms with Crippen LogP contribution >= 0.6 is 25.3 Å². The van der Waals surface area contributed by atoms with Gasteiger partial charge in [0.1, 0.15) is 42.3 Å². The molecule has 1 aliphatic heterocycles. The lowest BCUT2D eigenvalue weighted by molar-refractivity contribution is -0.135. The lowest BCUT2D eigenvalue weighted by Gasteiger charge is -2.27. The molecule has 22 heteroatoms. The highest BCUT2D eigenvalue weighted by molar-refractivity contribution is 7.80. The number of amides is 8. The molecule has 13 N–H and O–H groups in total. The Kier molecular flexibility index (Phi) is 20.1. The van der Waals surface area contributed by atoms with E-state index in [2.05, 4.69) is 72.8 Å². The van der Waals surface area contributed by atoms with Gasteiger partial charge in [-0.1, -0.05) is 60.7 Å². The summed E-state index contributed by atoms with van der Waals surface area (Å²) in [5.41, 5.74) is 12.2. The van der Waals surface area contributed by atoms with Crippen molar-refractivity contribution in [2.24, 2.45) is 16.5 Å². The molecule has 0 aromatic heterocycles. The maximum Gasteiger partial charge on any atom is 0.245 e. The van der Waals surface area contributed by atoms with Gasteiger partial charge >= 0.3 is 0 Å². The summed E-state index contributed by atoms with van der Waals surface area (Å²) >= 11 is 8.36. The Hall–Kier alpha value is -5.87. The van der Waals surface area contributed by atoms with E-state index in [9.17, 15) is 43.5 Å². The number of carbonyl (C=O) groups excluding carboxylic acids is 8. The van der Waals surface area contributed by atoms with Crippen molar-refractivity contribution in [2.75, 3.05) is 31.2 Å². The second-order valence-corrected chi connectivity index (χ2v) is 14.5. The first-order valence-corrected chi connectivity index (χ1v) is 20.3. The van der Waals surface area contributed by atoms with Gasteiger partial charge in [0.25, 0.3) is 0 Å². The van der Waals surface area contributed by atoms with Gasteiger partial charge in [-0.15, -0.1) is 0 Å². The van der Waals surface area contributed by atoms with E-state index in [0.717, 1.165) is 0 Å². The number of hydrogen-bond acceptors (Lipinski definition) is 12. The molecule has 1 aliphatic rings. The summed E-state index contributed by atoms with van der Waals surface area (Å²) in [5.74, 6) is -7.42. The fourth-order valence-electron chi connectivity index (χ4n) is 5.77. The standard InChI is InChI=1S/C38H53N11O9S2/c1-21-31(52)48-28(19-59)37(58)49-29(20-60)36(57)45-24(13-8-14-41-38(39)40)33(54)47-26(16-23-11-6-3-7-12-23)34(55)46-25(15-22-9-4-2-5-10-22)32(53)42-17-30(51)44-27(18-50)35(56)43-21/h2-7,9-12,21,24-29,50,59-60H,8,13-20H2,1H3,(H,42,53)(H,43,56)(H,44,51)(H,45,57)(H,46,55)(H,47,54)(H,48,52)(H,49,58)(H4,39,40,41)/t21-,24-,25-,26-,27-,28-,29-/m0/s1. The Morgan fingerprint density at radius 1 is 0.600 bits per heavy atom. The van der Waals surface area contributed by atoms with E-state index in [1.165, 1.54) is 6.92 Å². The van der Waals surface area contributed by atoms with Gasteiger partial charge < -0.3 is 59.1 Å². The Morgan fingerprint density at radius 2 is 1.03 bits per heavy atom. The first-order chi connectivity index (χ1) is 28.6. The van der Waals surface area contributed by atoms with E-state index in [1.54, 1.807) is 60.7 Å². The molecule has 2 aromatic rings. The largest absolute Gasteiger partial charge is 0.394 e. The summed E-state index contributed by atoms with van der Waals surface area (Å²) < 4.78 is 0. The number of aliphatic hydroxyl groups is 1. The molecule has 7 atom stereocenters. The molecule has 1 saturated heterocycles. The van der Waals surface area contributed by atoms with Gasteiger partial charge in [-0.25, -0.2) is 0 Å². The maximum atomic E-state index is 14.2. The predicted molar refractivity (Wildman–Crippen MR) is 227 cm³/mol. The third-order valence-corrected chi connectivity index (χ3v) is 9.78. The first-order valence-electron chi connectivity index (χ1n) is 19.0. The molecule has 0 saturated carbocycles. The molecule has 0 bridgehead atoms. The molecule has 326 valence electrons. The molecule has 8 amide bonds. The van der Waals surface area contributed by atoms with Crippen molar-refractivity contribution in [3.05, 3.63) is 71.8 Å². The molecule has 1 fully saturated rings. The Labute approximate surface area is 357 Å². The lowest BCUT2D eigenvalue weighted by Crippen LogP contribution is -2.61. The number of thiol groups is 2. The Balaban J connectivity index is 2.05.